The van der Waals surface area contributed by atoms with Crippen molar-refractivity contribution in [1.29, 1.82) is 0 Å². The van der Waals surface area contributed by atoms with Gasteiger partial charge in [-0.05, 0) is 23.9 Å². The molecule has 2 aromatic heterocycles. The highest BCUT2D eigenvalue weighted by atomic mass is 35.5. The van der Waals surface area contributed by atoms with Gasteiger partial charge in [0.05, 0.1) is 0 Å². The lowest BCUT2D eigenvalue weighted by molar-refractivity contribution is -0.237. The minimum absolute atomic E-state index is 0.280. The van der Waals surface area contributed by atoms with Gasteiger partial charge in [0.15, 0.2) is 23.7 Å². The van der Waals surface area contributed by atoms with E-state index >= 15 is 0 Å². The lowest BCUT2D eigenvalue weighted by Gasteiger charge is -2.43. The minimum Gasteiger partial charge on any atom is -0.463 e. The van der Waals surface area contributed by atoms with Crippen LogP contribution in [-0.2, 0) is 42.9 Å². The van der Waals surface area contributed by atoms with E-state index in [1.807, 2.05) is 12.1 Å². The second kappa shape index (κ2) is 12.3. The van der Waals surface area contributed by atoms with Crippen LogP contribution in [0.25, 0.3) is 15.5 Å². The predicted molar refractivity (Wildman–Crippen MR) is 137 cm³/mol. The van der Waals surface area contributed by atoms with Gasteiger partial charge >= 0.3 is 23.9 Å². The Balaban J connectivity index is 1.70. The number of hydrogen-bond acceptors (Lipinski definition) is 14. The summed E-state index contributed by atoms with van der Waals surface area (Å²) in [5.41, 5.74) is -0.239. The van der Waals surface area contributed by atoms with Gasteiger partial charge in [-0.15, -0.1) is 10.2 Å². The molecule has 208 valence electrons. The molecule has 39 heavy (non-hydrogen) atoms. The molecule has 0 bridgehead atoms. The van der Waals surface area contributed by atoms with Gasteiger partial charge in [0.2, 0.25) is 10.1 Å². The molecule has 0 saturated carbocycles. The maximum Gasteiger partial charge on any atom is 0.303 e. The molecule has 1 saturated heterocycles. The molecular formula is C23H23ClN4O9S2. The van der Waals surface area contributed by atoms with Crippen LogP contribution in [0, 0.1) is 0 Å². The number of rotatable bonds is 8. The van der Waals surface area contributed by atoms with E-state index in [1.54, 1.807) is 12.1 Å². The van der Waals surface area contributed by atoms with Crippen molar-refractivity contribution in [3.8, 4) is 10.6 Å². The highest BCUT2D eigenvalue weighted by Crippen LogP contribution is 2.38. The number of esters is 4. The molecule has 0 aliphatic carbocycles. The highest BCUT2D eigenvalue weighted by Gasteiger charge is 2.53. The lowest BCUT2D eigenvalue weighted by Crippen LogP contribution is -2.61. The smallest absolute Gasteiger partial charge is 0.303 e. The first-order valence-corrected chi connectivity index (χ1v) is 13.5. The number of fused-ring (bicyclic) bond motifs is 1. The third-order valence-electron chi connectivity index (χ3n) is 5.22. The SMILES string of the molecule is CC(=O)OC[C@H]1O[C@@H](Sc2nnc3sc(-c4ccc(Cl)cc4)nn23)[C@H](OC(C)=O)[C@@H](OC(C)=O)[C@@H]1OC(C)=O. The van der Waals surface area contributed by atoms with Crippen molar-refractivity contribution in [2.24, 2.45) is 0 Å². The van der Waals surface area contributed by atoms with Crippen LogP contribution in [0.2, 0.25) is 5.02 Å². The molecule has 4 rings (SSSR count). The zero-order valence-corrected chi connectivity index (χ0v) is 23.4. The molecule has 0 unspecified atom stereocenters. The van der Waals surface area contributed by atoms with Gasteiger partial charge < -0.3 is 23.7 Å². The Morgan fingerprint density at radius 1 is 0.923 bits per heavy atom. The Morgan fingerprint density at radius 2 is 1.54 bits per heavy atom. The standard InChI is InChI=1S/C23H23ClN4O9S2/c1-10(29)33-9-16-17(34-11(2)30)18(35-12(3)31)19(36-13(4)32)21(37-16)39-23-26-25-22-28(23)27-20(38-22)14-5-7-15(24)8-6-14/h5-8,16-19,21H,9H2,1-4H3/t16-,17-,18+,19-,21+/m1/s1. The average Bonchev–Trinajstić information content (AvgIpc) is 3.43. The van der Waals surface area contributed by atoms with Crippen LogP contribution in [0.15, 0.2) is 29.4 Å². The summed E-state index contributed by atoms with van der Waals surface area (Å²) in [7, 11) is 0. The summed E-state index contributed by atoms with van der Waals surface area (Å²) in [5, 5.41) is 14.4. The molecule has 3 aromatic rings. The first-order chi connectivity index (χ1) is 18.5. The predicted octanol–water partition coefficient (Wildman–Crippen LogP) is 2.68. The number of carbonyl (C=O) groups excluding carboxylic acids is 4. The summed E-state index contributed by atoms with van der Waals surface area (Å²) in [6.45, 7) is 4.36. The van der Waals surface area contributed by atoms with Gasteiger partial charge in [-0.25, -0.2) is 0 Å². The van der Waals surface area contributed by atoms with Crippen molar-refractivity contribution in [3.63, 3.8) is 0 Å². The molecule has 1 aliphatic heterocycles. The van der Waals surface area contributed by atoms with Crippen molar-refractivity contribution in [2.75, 3.05) is 6.61 Å². The monoisotopic (exact) mass is 598 g/mol. The van der Waals surface area contributed by atoms with E-state index in [4.69, 9.17) is 35.3 Å². The Labute approximate surface area is 235 Å². The summed E-state index contributed by atoms with van der Waals surface area (Å²) >= 11 is 8.27. The van der Waals surface area contributed by atoms with E-state index in [1.165, 1.54) is 29.7 Å². The van der Waals surface area contributed by atoms with Crippen LogP contribution in [0.4, 0.5) is 0 Å². The number of nitrogens with zero attached hydrogens (tertiary/aromatic N) is 4. The Kier molecular flexibility index (Phi) is 9.04. The Hall–Kier alpha value is -3.27. The number of hydrogen-bond donors (Lipinski definition) is 0. The van der Waals surface area contributed by atoms with Crippen molar-refractivity contribution in [2.45, 2.75) is 62.7 Å². The summed E-state index contributed by atoms with van der Waals surface area (Å²) in [4.78, 5) is 48.0. The van der Waals surface area contributed by atoms with E-state index in [9.17, 15) is 19.2 Å². The Morgan fingerprint density at radius 3 is 2.15 bits per heavy atom. The fourth-order valence-electron chi connectivity index (χ4n) is 3.77. The number of aromatic nitrogens is 4. The molecule has 13 nitrogen and oxygen atoms in total. The van der Waals surface area contributed by atoms with E-state index in [-0.39, 0.29) is 11.8 Å². The first kappa shape index (κ1) is 28.7. The summed E-state index contributed by atoms with van der Waals surface area (Å²) < 4.78 is 29.1. The van der Waals surface area contributed by atoms with Crippen LogP contribution < -0.4 is 0 Å². The normalized spacial score (nSPS) is 22.7. The molecule has 0 amide bonds. The van der Waals surface area contributed by atoms with Gasteiger partial charge in [0, 0.05) is 38.3 Å². The second-order valence-electron chi connectivity index (χ2n) is 8.28. The van der Waals surface area contributed by atoms with Crippen LogP contribution in [0.1, 0.15) is 27.7 Å². The van der Waals surface area contributed by atoms with Crippen molar-refractivity contribution >= 4 is 63.5 Å². The molecule has 0 N–H and O–H groups in total. The van der Waals surface area contributed by atoms with Gasteiger partial charge in [0.1, 0.15) is 17.7 Å². The number of ether oxygens (including phenoxy) is 5. The maximum atomic E-state index is 12.1. The molecule has 3 heterocycles. The third kappa shape index (κ3) is 7.03. The van der Waals surface area contributed by atoms with E-state index in [2.05, 4.69) is 15.3 Å². The first-order valence-electron chi connectivity index (χ1n) is 11.5. The van der Waals surface area contributed by atoms with Gasteiger partial charge in [0.25, 0.3) is 0 Å². The Bertz CT molecular complexity index is 1380. The molecule has 0 spiro atoms. The third-order valence-corrected chi connectivity index (χ3v) is 7.50. The maximum absolute atomic E-state index is 12.1. The highest BCUT2D eigenvalue weighted by molar-refractivity contribution is 7.99. The average molecular weight is 599 g/mol. The van der Waals surface area contributed by atoms with Gasteiger partial charge in [-0.2, -0.15) is 9.61 Å². The summed E-state index contributed by atoms with van der Waals surface area (Å²) in [6, 6.07) is 7.12. The fourth-order valence-corrected chi connectivity index (χ4v) is 5.86. The number of halogens is 1. The summed E-state index contributed by atoms with van der Waals surface area (Å²) in [5.74, 6) is -2.73. The number of benzene rings is 1. The number of thioether (sulfide) groups is 1. The lowest BCUT2D eigenvalue weighted by atomic mass is 9.99. The van der Waals surface area contributed by atoms with E-state index < -0.39 is 53.7 Å². The topological polar surface area (TPSA) is 158 Å². The molecule has 16 heteroatoms. The van der Waals surface area contributed by atoms with Crippen molar-refractivity contribution in [3.05, 3.63) is 29.3 Å². The van der Waals surface area contributed by atoms with Crippen LogP contribution >= 0.6 is 34.7 Å². The number of carbonyl (C=O) groups is 4. The minimum atomic E-state index is -1.29. The molecule has 0 radical (unpaired) electrons. The molecule has 5 atom stereocenters. The molecule has 1 aliphatic rings. The quantitative estimate of drug-likeness (QED) is 0.275. The fraction of sp³-hybridized carbons (Fsp3) is 0.435. The molecule has 1 aromatic carbocycles. The second-order valence-corrected chi connectivity index (χ2v) is 10.7. The van der Waals surface area contributed by atoms with Crippen molar-refractivity contribution in [1.82, 2.24) is 19.8 Å². The van der Waals surface area contributed by atoms with Crippen LogP contribution in [-0.4, -0.2) is 80.1 Å². The van der Waals surface area contributed by atoms with Crippen LogP contribution in [0.5, 0.6) is 0 Å². The van der Waals surface area contributed by atoms with Crippen molar-refractivity contribution < 1.29 is 42.9 Å². The molecule has 1 fully saturated rings. The van der Waals surface area contributed by atoms with Gasteiger partial charge in [-0.1, -0.05) is 35.1 Å². The van der Waals surface area contributed by atoms with E-state index in [0.29, 0.717) is 15.0 Å². The molecular weight excluding hydrogens is 576 g/mol. The largest absolute Gasteiger partial charge is 0.463 e. The van der Waals surface area contributed by atoms with Crippen LogP contribution in [0.3, 0.4) is 0 Å². The summed E-state index contributed by atoms with van der Waals surface area (Å²) in [6.07, 6.45) is -4.85. The zero-order valence-electron chi connectivity index (χ0n) is 21.1. The van der Waals surface area contributed by atoms with E-state index in [0.717, 1.165) is 31.2 Å². The zero-order chi connectivity index (χ0) is 28.3. The van der Waals surface area contributed by atoms with Gasteiger partial charge in [-0.3, -0.25) is 19.2 Å².